The first-order chi connectivity index (χ1) is 6.05. The zero-order chi connectivity index (χ0) is 9.90. The van der Waals surface area contributed by atoms with E-state index in [2.05, 4.69) is 11.2 Å². The molecule has 4 heteroatoms. The number of hydrogen-bond acceptors (Lipinski definition) is 1. The molecule has 1 nitrogen and oxygen atoms in total. The lowest BCUT2D eigenvalue weighted by molar-refractivity contribution is -0.137. The van der Waals surface area contributed by atoms with Crippen molar-refractivity contribution in [1.29, 1.82) is 0 Å². The molecule has 1 aromatic heterocycles. The Morgan fingerprint density at radius 3 is 2.69 bits per heavy atom. The van der Waals surface area contributed by atoms with Crippen molar-refractivity contribution in [3.63, 3.8) is 0 Å². The molecule has 0 aliphatic heterocycles. The Bertz CT molecular complexity index is 315. The largest absolute Gasteiger partial charge is 0.417 e. The molecule has 0 aromatic carbocycles. The van der Waals surface area contributed by atoms with Crippen LogP contribution in [0, 0.1) is 6.20 Å². The number of aromatic nitrogens is 1. The van der Waals surface area contributed by atoms with Gasteiger partial charge in [0.1, 0.15) is 0 Å². The summed E-state index contributed by atoms with van der Waals surface area (Å²) in [5.41, 5.74) is -0.644. The minimum Gasteiger partial charge on any atom is -0.254 e. The first kappa shape index (κ1) is 9.77. The maximum Gasteiger partial charge on any atom is 0.417 e. The molecular formula is C9H7F3N. The van der Waals surface area contributed by atoms with Gasteiger partial charge in [0.2, 0.25) is 0 Å². The minimum absolute atomic E-state index is 0.0637. The van der Waals surface area contributed by atoms with Gasteiger partial charge in [-0.1, -0.05) is 12.2 Å². The molecule has 0 unspecified atom stereocenters. The summed E-state index contributed by atoms with van der Waals surface area (Å²) in [5.74, 6) is 0. The Hall–Kier alpha value is -1.32. The van der Waals surface area contributed by atoms with Crippen molar-refractivity contribution in [1.82, 2.24) is 4.98 Å². The van der Waals surface area contributed by atoms with Gasteiger partial charge in [-0.15, -0.1) is 0 Å². The summed E-state index contributed by atoms with van der Waals surface area (Å²) >= 11 is 0. The number of pyridine rings is 1. The highest BCUT2D eigenvalue weighted by Crippen LogP contribution is 2.31. The lowest BCUT2D eigenvalue weighted by Gasteiger charge is -2.08. The molecule has 0 fully saturated rings. The summed E-state index contributed by atoms with van der Waals surface area (Å²) in [6.45, 7) is 1.65. The molecule has 0 amide bonds. The quantitative estimate of drug-likeness (QED) is 0.657. The molecule has 0 saturated heterocycles. The predicted octanol–water partition coefficient (Wildman–Crippen LogP) is 2.93. The molecule has 1 heterocycles. The Kier molecular flexibility index (Phi) is 2.70. The van der Waals surface area contributed by atoms with Gasteiger partial charge in [0.05, 0.1) is 11.8 Å². The fraction of sp³-hybridized carbons (Fsp3) is 0.222. The molecule has 0 aliphatic carbocycles. The molecule has 1 aromatic rings. The van der Waals surface area contributed by atoms with Gasteiger partial charge < -0.3 is 0 Å². The van der Waals surface area contributed by atoms with Crippen LogP contribution in [0.15, 0.2) is 18.3 Å². The van der Waals surface area contributed by atoms with E-state index in [-0.39, 0.29) is 5.56 Å². The average Bonchev–Trinajstić information content (AvgIpc) is 2.04. The third-order valence-corrected chi connectivity index (χ3v) is 1.45. The van der Waals surface area contributed by atoms with Crippen molar-refractivity contribution in [3.8, 4) is 0 Å². The summed E-state index contributed by atoms with van der Waals surface area (Å²) in [6, 6.07) is 0.843. The fourth-order valence-corrected chi connectivity index (χ4v) is 0.919. The molecule has 0 atom stereocenters. The summed E-state index contributed by atoms with van der Waals surface area (Å²) in [5, 5.41) is 0. The van der Waals surface area contributed by atoms with Crippen LogP contribution in [0.2, 0.25) is 0 Å². The normalized spacial score (nSPS) is 12.3. The van der Waals surface area contributed by atoms with Crippen LogP contribution in [0.3, 0.4) is 0 Å². The van der Waals surface area contributed by atoms with Crippen molar-refractivity contribution >= 4 is 6.08 Å². The zero-order valence-corrected chi connectivity index (χ0v) is 6.89. The first-order valence-electron chi connectivity index (χ1n) is 3.61. The SMILES string of the molecule is CC=Cc1cn[c]cc1C(F)(F)F. The van der Waals surface area contributed by atoms with Crippen molar-refractivity contribution in [3.05, 3.63) is 35.7 Å². The highest BCUT2D eigenvalue weighted by Gasteiger charge is 2.32. The zero-order valence-electron chi connectivity index (χ0n) is 6.89. The van der Waals surface area contributed by atoms with Gasteiger partial charge >= 0.3 is 6.18 Å². The molecule has 0 bridgehead atoms. The summed E-state index contributed by atoms with van der Waals surface area (Å²) < 4.78 is 36.9. The van der Waals surface area contributed by atoms with Crippen LogP contribution in [0.5, 0.6) is 0 Å². The number of nitrogens with zero attached hydrogens (tertiary/aromatic N) is 1. The van der Waals surface area contributed by atoms with E-state index >= 15 is 0 Å². The lowest BCUT2D eigenvalue weighted by Crippen LogP contribution is -2.07. The minimum atomic E-state index is -4.34. The molecule has 0 N–H and O–H groups in total. The predicted molar refractivity (Wildman–Crippen MR) is 42.8 cm³/mol. The number of hydrogen-bond donors (Lipinski definition) is 0. The maximum absolute atomic E-state index is 12.3. The van der Waals surface area contributed by atoms with Crippen LogP contribution in [-0.4, -0.2) is 4.98 Å². The van der Waals surface area contributed by atoms with E-state index in [4.69, 9.17) is 0 Å². The Morgan fingerprint density at radius 1 is 1.46 bits per heavy atom. The van der Waals surface area contributed by atoms with Gasteiger partial charge in [-0.3, -0.25) is 4.98 Å². The van der Waals surface area contributed by atoms with E-state index in [0.29, 0.717) is 0 Å². The first-order valence-corrected chi connectivity index (χ1v) is 3.61. The van der Waals surface area contributed by atoms with Gasteiger partial charge in [0.25, 0.3) is 0 Å². The molecule has 1 rings (SSSR count). The number of alkyl halides is 3. The van der Waals surface area contributed by atoms with E-state index in [1.54, 1.807) is 6.92 Å². The lowest BCUT2D eigenvalue weighted by atomic mass is 10.1. The van der Waals surface area contributed by atoms with Crippen molar-refractivity contribution < 1.29 is 13.2 Å². The maximum atomic E-state index is 12.3. The van der Waals surface area contributed by atoms with Crippen LogP contribution in [0.4, 0.5) is 13.2 Å². The molecule has 69 valence electrons. The third kappa shape index (κ3) is 2.31. The van der Waals surface area contributed by atoms with Crippen LogP contribution >= 0.6 is 0 Å². The van der Waals surface area contributed by atoms with Gasteiger partial charge in [0.15, 0.2) is 0 Å². The molecule has 0 aliphatic rings. The summed E-state index contributed by atoms with van der Waals surface area (Å²) in [6.07, 6.45) is 1.86. The van der Waals surface area contributed by atoms with Crippen molar-refractivity contribution in [2.75, 3.05) is 0 Å². The highest BCUT2D eigenvalue weighted by molar-refractivity contribution is 5.52. The Balaban J connectivity index is 3.20. The second-order valence-corrected chi connectivity index (χ2v) is 2.40. The molecular weight excluding hydrogens is 179 g/mol. The van der Waals surface area contributed by atoms with Crippen molar-refractivity contribution in [2.24, 2.45) is 0 Å². The number of rotatable bonds is 1. The van der Waals surface area contributed by atoms with Gasteiger partial charge in [0, 0.05) is 11.8 Å². The van der Waals surface area contributed by atoms with E-state index in [0.717, 1.165) is 12.3 Å². The Labute approximate surface area is 73.9 Å². The second kappa shape index (κ2) is 3.60. The fourth-order valence-electron chi connectivity index (χ4n) is 0.919. The second-order valence-electron chi connectivity index (χ2n) is 2.40. The molecule has 13 heavy (non-hydrogen) atoms. The van der Waals surface area contributed by atoms with Gasteiger partial charge in [-0.2, -0.15) is 13.2 Å². The monoisotopic (exact) mass is 186 g/mol. The highest BCUT2D eigenvalue weighted by atomic mass is 19.4. The van der Waals surface area contributed by atoms with Gasteiger partial charge in [-0.25, -0.2) is 0 Å². The third-order valence-electron chi connectivity index (χ3n) is 1.45. The smallest absolute Gasteiger partial charge is 0.254 e. The standard InChI is InChI=1S/C9H7F3N/c1-2-3-7-6-13-5-4-8(7)9(10,11)12/h2-4,6H,1H3. The topological polar surface area (TPSA) is 12.9 Å². The number of allylic oxidation sites excluding steroid dienone is 1. The molecule has 1 radical (unpaired) electrons. The van der Waals surface area contributed by atoms with E-state index in [1.165, 1.54) is 12.2 Å². The van der Waals surface area contributed by atoms with Crippen LogP contribution in [0.1, 0.15) is 18.1 Å². The van der Waals surface area contributed by atoms with Crippen molar-refractivity contribution in [2.45, 2.75) is 13.1 Å². The Morgan fingerprint density at radius 2 is 2.15 bits per heavy atom. The van der Waals surface area contributed by atoms with Crippen LogP contribution < -0.4 is 0 Å². The van der Waals surface area contributed by atoms with Gasteiger partial charge in [-0.05, 0) is 13.0 Å². The van der Waals surface area contributed by atoms with Crippen LogP contribution in [0.25, 0.3) is 6.08 Å². The van der Waals surface area contributed by atoms with E-state index in [9.17, 15) is 13.2 Å². The van der Waals surface area contributed by atoms with Crippen LogP contribution in [-0.2, 0) is 6.18 Å². The number of halogens is 3. The van der Waals surface area contributed by atoms with E-state index < -0.39 is 11.7 Å². The van der Waals surface area contributed by atoms with E-state index in [1.807, 2.05) is 0 Å². The average molecular weight is 186 g/mol. The molecule has 0 spiro atoms. The molecule has 0 saturated carbocycles. The summed E-state index contributed by atoms with van der Waals surface area (Å²) in [4.78, 5) is 3.50. The summed E-state index contributed by atoms with van der Waals surface area (Å²) in [7, 11) is 0.